The normalized spacial score (nSPS) is 13.2. The van der Waals surface area contributed by atoms with Crippen molar-refractivity contribution < 1.29 is 18.3 Å². The Hall–Kier alpha value is -1.36. The molecule has 1 aromatic rings. The molecule has 0 heterocycles. The van der Waals surface area contributed by atoms with E-state index >= 15 is 0 Å². The van der Waals surface area contributed by atoms with Gasteiger partial charge in [-0.25, -0.2) is 13.2 Å². The fraction of sp³-hybridized carbons (Fsp3) is 0.500. The summed E-state index contributed by atoms with van der Waals surface area (Å²) in [6.45, 7) is 5.46. The van der Waals surface area contributed by atoms with Crippen LogP contribution >= 0.6 is 0 Å². The van der Waals surface area contributed by atoms with Crippen molar-refractivity contribution in [3.63, 3.8) is 0 Å². The summed E-state index contributed by atoms with van der Waals surface area (Å²) >= 11 is 0. The number of carboxylic acid groups (broad SMARTS) is 1. The van der Waals surface area contributed by atoms with Gasteiger partial charge in [-0.1, -0.05) is 26.3 Å². The molecule has 0 aliphatic carbocycles. The molecule has 0 aromatic heterocycles. The maximum atomic E-state index is 12.5. The maximum absolute atomic E-state index is 12.5. The Balaban J connectivity index is 3.38. The topological polar surface area (TPSA) is 71.4 Å². The summed E-state index contributed by atoms with van der Waals surface area (Å²) in [5.74, 6) is -1.11. The standard InChI is InChI=1S/C14H20O4S/c1-4-6-10(3)19(17,18)13-9-12(14(15)16)8-7-11(13)5-2/h7-10H,4-6H2,1-3H3,(H,15,16). The van der Waals surface area contributed by atoms with Gasteiger partial charge in [-0.15, -0.1) is 0 Å². The van der Waals surface area contributed by atoms with Crippen LogP contribution in [-0.2, 0) is 16.3 Å². The van der Waals surface area contributed by atoms with Gasteiger partial charge in [-0.05, 0) is 37.5 Å². The summed E-state index contributed by atoms with van der Waals surface area (Å²) in [4.78, 5) is 11.1. The lowest BCUT2D eigenvalue weighted by atomic mass is 10.1. The van der Waals surface area contributed by atoms with Gasteiger partial charge in [-0.3, -0.25) is 0 Å². The number of hydrogen-bond acceptors (Lipinski definition) is 3. The van der Waals surface area contributed by atoms with Crippen LogP contribution in [0.1, 0.15) is 49.5 Å². The average molecular weight is 284 g/mol. The molecule has 0 aliphatic heterocycles. The number of sulfone groups is 1. The maximum Gasteiger partial charge on any atom is 0.335 e. The SMILES string of the molecule is CCCC(C)S(=O)(=O)c1cc(C(=O)O)ccc1CC. The average Bonchev–Trinajstić information content (AvgIpc) is 2.38. The quantitative estimate of drug-likeness (QED) is 0.871. The predicted octanol–water partition coefficient (Wildman–Crippen LogP) is 2.91. The molecule has 19 heavy (non-hydrogen) atoms. The monoisotopic (exact) mass is 284 g/mol. The molecule has 1 rings (SSSR count). The minimum atomic E-state index is -3.46. The van der Waals surface area contributed by atoms with Crippen LogP contribution in [0.5, 0.6) is 0 Å². The van der Waals surface area contributed by atoms with E-state index in [-0.39, 0.29) is 10.5 Å². The highest BCUT2D eigenvalue weighted by Gasteiger charge is 2.25. The molecule has 0 fully saturated rings. The molecule has 0 bridgehead atoms. The van der Waals surface area contributed by atoms with E-state index in [1.165, 1.54) is 12.1 Å². The molecular weight excluding hydrogens is 264 g/mol. The Labute approximate surface area is 114 Å². The zero-order valence-electron chi connectivity index (χ0n) is 11.5. The molecule has 5 heteroatoms. The van der Waals surface area contributed by atoms with Gasteiger partial charge in [0.1, 0.15) is 0 Å². The zero-order chi connectivity index (χ0) is 14.6. The number of rotatable bonds is 6. The highest BCUT2D eigenvalue weighted by Crippen LogP contribution is 2.24. The molecule has 0 spiro atoms. The first kappa shape index (κ1) is 15.7. The number of carbonyl (C=O) groups is 1. The molecule has 1 aromatic carbocycles. The molecule has 1 unspecified atom stereocenters. The summed E-state index contributed by atoms with van der Waals surface area (Å²) < 4.78 is 25.0. The Bertz CT molecular complexity index is 561. The molecule has 0 saturated heterocycles. The minimum Gasteiger partial charge on any atom is -0.478 e. The summed E-state index contributed by atoms with van der Waals surface area (Å²) in [6.07, 6.45) is 1.91. The van der Waals surface area contributed by atoms with E-state index in [4.69, 9.17) is 5.11 Å². The van der Waals surface area contributed by atoms with Crippen LogP contribution in [0.25, 0.3) is 0 Å². The largest absolute Gasteiger partial charge is 0.478 e. The summed E-state index contributed by atoms with van der Waals surface area (Å²) in [5, 5.41) is 8.49. The van der Waals surface area contributed by atoms with Crippen LogP contribution in [0.2, 0.25) is 0 Å². The molecular formula is C14H20O4S. The van der Waals surface area contributed by atoms with Crippen LogP contribution in [0.4, 0.5) is 0 Å². The molecule has 0 aliphatic rings. The lowest BCUT2D eigenvalue weighted by molar-refractivity contribution is 0.0696. The smallest absolute Gasteiger partial charge is 0.335 e. The zero-order valence-corrected chi connectivity index (χ0v) is 12.3. The lowest BCUT2D eigenvalue weighted by Gasteiger charge is -2.15. The number of hydrogen-bond donors (Lipinski definition) is 1. The van der Waals surface area contributed by atoms with E-state index in [0.717, 1.165) is 6.42 Å². The molecule has 0 saturated carbocycles. The highest BCUT2D eigenvalue weighted by atomic mass is 32.2. The summed E-state index contributed by atoms with van der Waals surface area (Å²) in [6, 6.07) is 4.32. The van der Waals surface area contributed by atoms with E-state index in [0.29, 0.717) is 18.4 Å². The lowest BCUT2D eigenvalue weighted by Crippen LogP contribution is -2.19. The van der Waals surface area contributed by atoms with Crippen molar-refractivity contribution in [2.75, 3.05) is 0 Å². The number of carboxylic acids is 1. The van der Waals surface area contributed by atoms with Gasteiger partial charge in [-0.2, -0.15) is 0 Å². The summed E-state index contributed by atoms with van der Waals surface area (Å²) in [7, 11) is -3.46. The number of aromatic carboxylic acids is 1. The Morgan fingerprint density at radius 3 is 2.42 bits per heavy atom. The number of benzene rings is 1. The van der Waals surface area contributed by atoms with Gasteiger partial charge in [0.05, 0.1) is 15.7 Å². The minimum absolute atomic E-state index is 0.0134. The van der Waals surface area contributed by atoms with Crippen LogP contribution < -0.4 is 0 Å². The first-order chi connectivity index (χ1) is 8.84. The molecule has 0 amide bonds. The van der Waals surface area contributed by atoms with E-state index in [2.05, 4.69) is 0 Å². The fourth-order valence-electron chi connectivity index (χ4n) is 2.02. The van der Waals surface area contributed by atoms with Gasteiger partial charge in [0.15, 0.2) is 9.84 Å². The molecule has 4 nitrogen and oxygen atoms in total. The van der Waals surface area contributed by atoms with Crippen molar-refractivity contribution >= 4 is 15.8 Å². The van der Waals surface area contributed by atoms with Crippen molar-refractivity contribution in [2.45, 2.75) is 50.2 Å². The number of aryl methyl sites for hydroxylation is 1. The van der Waals surface area contributed by atoms with Crippen LogP contribution in [0.3, 0.4) is 0 Å². The Morgan fingerprint density at radius 1 is 1.32 bits per heavy atom. The first-order valence-electron chi connectivity index (χ1n) is 6.44. The van der Waals surface area contributed by atoms with Gasteiger partial charge < -0.3 is 5.11 Å². The third-order valence-electron chi connectivity index (χ3n) is 3.23. The van der Waals surface area contributed by atoms with E-state index in [9.17, 15) is 13.2 Å². The molecule has 1 atom stereocenters. The van der Waals surface area contributed by atoms with Crippen LogP contribution in [0.15, 0.2) is 23.1 Å². The van der Waals surface area contributed by atoms with Crippen molar-refractivity contribution in [1.29, 1.82) is 0 Å². The van der Waals surface area contributed by atoms with Crippen molar-refractivity contribution in [2.24, 2.45) is 0 Å². The van der Waals surface area contributed by atoms with E-state index < -0.39 is 21.1 Å². The third kappa shape index (κ3) is 3.35. The Kier molecular flexibility index (Phi) is 5.11. The van der Waals surface area contributed by atoms with E-state index in [1.807, 2.05) is 13.8 Å². The van der Waals surface area contributed by atoms with Gasteiger partial charge in [0.25, 0.3) is 0 Å². The second-order valence-corrected chi connectivity index (χ2v) is 6.96. The second-order valence-electron chi connectivity index (χ2n) is 4.63. The third-order valence-corrected chi connectivity index (χ3v) is 5.51. The van der Waals surface area contributed by atoms with Crippen molar-refractivity contribution in [1.82, 2.24) is 0 Å². The van der Waals surface area contributed by atoms with Crippen LogP contribution in [0, 0.1) is 0 Å². The highest BCUT2D eigenvalue weighted by molar-refractivity contribution is 7.92. The fourth-order valence-corrected chi connectivity index (χ4v) is 3.87. The predicted molar refractivity (Wildman–Crippen MR) is 74.3 cm³/mol. The van der Waals surface area contributed by atoms with E-state index in [1.54, 1.807) is 13.0 Å². The molecule has 106 valence electrons. The molecule has 1 N–H and O–H groups in total. The van der Waals surface area contributed by atoms with Crippen molar-refractivity contribution in [3.8, 4) is 0 Å². The van der Waals surface area contributed by atoms with Crippen LogP contribution in [-0.4, -0.2) is 24.7 Å². The van der Waals surface area contributed by atoms with Crippen molar-refractivity contribution in [3.05, 3.63) is 29.3 Å². The second kappa shape index (κ2) is 6.19. The van der Waals surface area contributed by atoms with Gasteiger partial charge >= 0.3 is 5.97 Å². The Morgan fingerprint density at radius 2 is 1.95 bits per heavy atom. The van der Waals surface area contributed by atoms with Gasteiger partial charge in [0, 0.05) is 0 Å². The first-order valence-corrected chi connectivity index (χ1v) is 7.99. The summed E-state index contributed by atoms with van der Waals surface area (Å²) in [5.41, 5.74) is 0.687. The molecule has 0 radical (unpaired) electrons. The van der Waals surface area contributed by atoms with Gasteiger partial charge in [0.2, 0.25) is 0 Å².